The number of phenolic OH excluding ortho intramolecular Hbond substituents is 1. The van der Waals surface area contributed by atoms with Crippen LogP contribution < -0.4 is 15.5 Å². The predicted octanol–water partition coefficient (Wildman–Crippen LogP) is 3.05. The van der Waals surface area contributed by atoms with Crippen LogP contribution >= 0.6 is 0 Å². The molecule has 0 saturated carbocycles. The van der Waals surface area contributed by atoms with Crippen LogP contribution in [0.3, 0.4) is 0 Å². The van der Waals surface area contributed by atoms with Gasteiger partial charge in [-0.05, 0) is 23.8 Å². The summed E-state index contributed by atoms with van der Waals surface area (Å²) in [6.07, 6.45) is 1.30. The molecule has 26 heavy (non-hydrogen) atoms. The van der Waals surface area contributed by atoms with Crippen molar-refractivity contribution < 1.29 is 23.8 Å². The molecular weight excluding hydrogens is 338 g/mol. The van der Waals surface area contributed by atoms with Crippen molar-refractivity contribution in [3.8, 4) is 22.6 Å². The maximum Gasteiger partial charge on any atom is 0.308 e. The molecule has 0 saturated heterocycles. The Kier molecular flexibility index (Phi) is 4.45. The maximum atomic E-state index is 12.7. The number of hydrogen-bond donors (Lipinski definition) is 2. The van der Waals surface area contributed by atoms with E-state index in [0.29, 0.717) is 16.8 Å². The summed E-state index contributed by atoms with van der Waals surface area (Å²) < 4.78 is 10.3. The van der Waals surface area contributed by atoms with E-state index in [2.05, 4.69) is 5.32 Å². The molecule has 0 unspecified atom stereocenters. The van der Waals surface area contributed by atoms with E-state index in [-0.39, 0.29) is 33.8 Å². The normalized spacial score (nSPS) is 10.5. The molecule has 0 aliphatic heterocycles. The third-order valence-electron chi connectivity index (χ3n) is 3.62. The highest BCUT2D eigenvalue weighted by Gasteiger charge is 2.14. The fourth-order valence-corrected chi connectivity index (χ4v) is 2.52. The zero-order chi connectivity index (χ0) is 18.8. The smallest absolute Gasteiger partial charge is 0.308 e. The minimum absolute atomic E-state index is 0.0828. The first-order valence-corrected chi connectivity index (χ1v) is 7.70. The van der Waals surface area contributed by atoms with Gasteiger partial charge in [-0.3, -0.25) is 14.4 Å². The van der Waals surface area contributed by atoms with Crippen molar-refractivity contribution in [2.45, 2.75) is 13.8 Å². The van der Waals surface area contributed by atoms with E-state index < -0.39 is 5.97 Å². The van der Waals surface area contributed by atoms with Gasteiger partial charge < -0.3 is 19.6 Å². The van der Waals surface area contributed by atoms with E-state index >= 15 is 0 Å². The van der Waals surface area contributed by atoms with Crippen LogP contribution in [0, 0.1) is 0 Å². The lowest BCUT2D eigenvalue weighted by Gasteiger charge is -2.08. The predicted molar refractivity (Wildman–Crippen MR) is 95.2 cm³/mol. The maximum absolute atomic E-state index is 12.7. The van der Waals surface area contributed by atoms with Gasteiger partial charge in [-0.25, -0.2) is 0 Å². The van der Waals surface area contributed by atoms with Crippen LogP contribution in [-0.4, -0.2) is 17.0 Å². The first-order valence-electron chi connectivity index (χ1n) is 7.70. The summed E-state index contributed by atoms with van der Waals surface area (Å²) in [5.74, 6) is -1.21. The minimum atomic E-state index is -0.599. The molecule has 0 fully saturated rings. The van der Waals surface area contributed by atoms with Crippen LogP contribution in [-0.2, 0) is 9.59 Å². The van der Waals surface area contributed by atoms with E-state index in [1.54, 1.807) is 24.3 Å². The summed E-state index contributed by atoms with van der Waals surface area (Å²) in [7, 11) is 0. The molecule has 2 aromatic carbocycles. The van der Waals surface area contributed by atoms with Gasteiger partial charge >= 0.3 is 5.97 Å². The lowest BCUT2D eigenvalue weighted by atomic mass is 10.0. The summed E-state index contributed by atoms with van der Waals surface area (Å²) >= 11 is 0. The van der Waals surface area contributed by atoms with Crippen molar-refractivity contribution in [1.29, 1.82) is 0 Å². The number of amides is 1. The Labute approximate surface area is 147 Å². The van der Waals surface area contributed by atoms with Crippen LogP contribution in [0.1, 0.15) is 13.8 Å². The molecule has 0 spiro atoms. The number of phenols is 1. The fraction of sp³-hybridized carbons (Fsp3) is 0.105. The lowest BCUT2D eigenvalue weighted by Crippen LogP contribution is -2.07. The summed E-state index contributed by atoms with van der Waals surface area (Å²) in [5, 5.41) is 12.8. The summed E-state index contributed by atoms with van der Waals surface area (Å²) in [6.45, 7) is 2.61. The van der Waals surface area contributed by atoms with Gasteiger partial charge in [-0.15, -0.1) is 0 Å². The Balaban J connectivity index is 2.05. The largest absolute Gasteiger partial charge is 0.504 e. The fourth-order valence-electron chi connectivity index (χ4n) is 2.52. The third kappa shape index (κ3) is 3.41. The van der Waals surface area contributed by atoms with Crippen molar-refractivity contribution in [3.63, 3.8) is 0 Å². The SMILES string of the molecule is CC(=O)Nc1ccc(-c2coc3cc(OC(C)=O)c(O)cc3c2=O)cc1. The van der Waals surface area contributed by atoms with E-state index in [0.717, 1.165) is 0 Å². The molecule has 1 aromatic heterocycles. The molecule has 0 atom stereocenters. The second kappa shape index (κ2) is 6.72. The first kappa shape index (κ1) is 17.2. The molecule has 3 rings (SSSR count). The minimum Gasteiger partial charge on any atom is -0.504 e. The number of anilines is 1. The van der Waals surface area contributed by atoms with Gasteiger partial charge in [0.05, 0.1) is 10.9 Å². The van der Waals surface area contributed by atoms with Gasteiger partial charge in [0.25, 0.3) is 0 Å². The van der Waals surface area contributed by atoms with E-state index in [9.17, 15) is 19.5 Å². The van der Waals surface area contributed by atoms with Crippen LogP contribution in [0.15, 0.2) is 51.9 Å². The quantitative estimate of drug-likeness (QED) is 0.554. The molecule has 132 valence electrons. The molecule has 0 bridgehead atoms. The molecule has 1 amide bonds. The van der Waals surface area contributed by atoms with E-state index in [1.165, 1.54) is 32.2 Å². The van der Waals surface area contributed by atoms with Crippen LogP contribution in [0.5, 0.6) is 11.5 Å². The molecule has 1 heterocycles. The second-order valence-electron chi connectivity index (χ2n) is 5.65. The zero-order valence-corrected chi connectivity index (χ0v) is 14.0. The van der Waals surface area contributed by atoms with Crippen molar-refractivity contribution in [2.75, 3.05) is 5.32 Å². The Hall–Kier alpha value is -3.61. The number of carbonyl (C=O) groups is 2. The monoisotopic (exact) mass is 353 g/mol. The number of nitrogens with one attached hydrogen (secondary N) is 1. The average molecular weight is 353 g/mol. The summed E-state index contributed by atoms with van der Waals surface area (Å²) in [4.78, 5) is 34.8. The van der Waals surface area contributed by atoms with Gasteiger partial charge in [0, 0.05) is 25.6 Å². The first-order chi connectivity index (χ1) is 12.3. The number of benzene rings is 2. The van der Waals surface area contributed by atoms with Crippen molar-refractivity contribution >= 4 is 28.5 Å². The number of carbonyl (C=O) groups excluding carboxylic acids is 2. The topological polar surface area (TPSA) is 106 Å². The van der Waals surface area contributed by atoms with Crippen LogP contribution in [0.4, 0.5) is 5.69 Å². The lowest BCUT2D eigenvalue weighted by molar-refractivity contribution is -0.132. The second-order valence-corrected chi connectivity index (χ2v) is 5.65. The molecule has 0 aliphatic carbocycles. The van der Waals surface area contributed by atoms with Crippen molar-refractivity contribution in [3.05, 3.63) is 52.9 Å². The molecule has 7 nitrogen and oxygen atoms in total. The van der Waals surface area contributed by atoms with Gasteiger partial charge in [-0.1, -0.05) is 12.1 Å². The van der Waals surface area contributed by atoms with E-state index in [1.807, 2.05) is 0 Å². The number of aromatic hydroxyl groups is 1. The Morgan fingerprint density at radius 2 is 1.81 bits per heavy atom. The van der Waals surface area contributed by atoms with Gasteiger partial charge in [0.1, 0.15) is 11.8 Å². The highest BCUT2D eigenvalue weighted by molar-refractivity contribution is 5.89. The highest BCUT2D eigenvalue weighted by atomic mass is 16.5. The highest BCUT2D eigenvalue weighted by Crippen LogP contribution is 2.31. The third-order valence-corrected chi connectivity index (χ3v) is 3.62. The molecular formula is C19H15NO6. The molecule has 7 heteroatoms. The number of rotatable bonds is 3. The van der Waals surface area contributed by atoms with Crippen molar-refractivity contribution in [1.82, 2.24) is 0 Å². The molecule has 3 aromatic rings. The van der Waals surface area contributed by atoms with Crippen molar-refractivity contribution in [2.24, 2.45) is 0 Å². The number of ether oxygens (including phenoxy) is 1. The number of fused-ring (bicyclic) bond motifs is 1. The standard InChI is InChI=1S/C19H15NO6/c1-10(21)20-13-5-3-12(4-6-13)15-9-25-17-8-18(26-11(2)22)16(23)7-14(17)19(15)24/h3-9,23H,1-2H3,(H,20,21). The van der Waals surface area contributed by atoms with Crippen LogP contribution in [0.2, 0.25) is 0 Å². The number of esters is 1. The molecule has 2 N–H and O–H groups in total. The summed E-state index contributed by atoms with van der Waals surface area (Å²) in [5.41, 5.74) is 1.34. The Morgan fingerprint density at radius 3 is 2.42 bits per heavy atom. The van der Waals surface area contributed by atoms with Gasteiger partial charge in [0.2, 0.25) is 11.3 Å². The Bertz CT molecular complexity index is 1070. The average Bonchev–Trinajstić information content (AvgIpc) is 2.57. The van der Waals surface area contributed by atoms with Gasteiger partial charge in [-0.2, -0.15) is 0 Å². The van der Waals surface area contributed by atoms with Gasteiger partial charge in [0.15, 0.2) is 11.5 Å². The van der Waals surface area contributed by atoms with Crippen LogP contribution in [0.25, 0.3) is 22.1 Å². The Morgan fingerprint density at radius 1 is 1.12 bits per heavy atom. The summed E-state index contributed by atoms with van der Waals surface area (Å²) in [6, 6.07) is 9.18. The van der Waals surface area contributed by atoms with E-state index in [4.69, 9.17) is 9.15 Å². The zero-order valence-electron chi connectivity index (χ0n) is 14.0. The molecule has 0 radical (unpaired) electrons. The number of hydrogen-bond acceptors (Lipinski definition) is 6. The molecule has 0 aliphatic rings.